The molecule has 38 heavy (non-hydrogen) atoms. The molecule has 2 aromatic carbocycles. The van der Waals surface area contributed by atoms with Gasteiger partial charge >= 0.3 is 0 Å². The van der Waals surface area contributed by atoms with Crippen molar-refractivity contribution in [3.63, 3.8) is 0 Å². The van der Waals surface area contributed by atoms with Crippen molar-refractivity contribution in [3.05, 3.63) is 49.7 Å². The molecule has 4 heterocycles. The Morgan fingerprint density at radius 2 is 0.579 bits per heavy atom. The smallest absolute Gasteiger partial charge is 0.162 e. The summed E-state index contributed by atoms with van der Waals surface area (Å²) in [5, 5.41) is 0. The summed E-state index contributed by atoms with van der Waals surface area (Å²) in [6, 6.07) is 8.55. The minimum Gasteiger partial charge on any atom is -0.490 e. The first-order valence-electron chi connectivity index (χ1n) is 12.1. The molecule has 0 amide bonds. The van der Waals surface area contributed by atoms with Gasteiger partial charge in [-0.15, -0.1) is 0 Å². The molecule has 0 saturated heterocycles. The Labute approximate surface area is 257 Å². The van der Waals surface area contributed by atoms with Gasteiger partial charge in [0, 0.05) is 19.6 Å². The summed E-state index contributed by atoms with van der Waals surface area (Å²) in [5.74, 6) is 3.30. The zero-order chi connectivity index (χ0) is 26.2. The fraction of sp³-hybridized carbons (Fsp3) is 0.308. The third-order valence-electron chi connectivity index (χ3n) is 5.27. The van der Waals surface area contributed by atoms with Crippen LogP contribution in [0.4, 0.5) is 0 Å². The molecular weight excluding hydrogens is 633 g/mol. The van der Waals surface area contributed by atoms with Gasteiger partial charge in [-0.25, -0.2) is 0 Å². The highest BCUT2D eigenvalue weighted by molar-refractivity contribution is 8.45. The van der Waals surface area contributed by atoms with Gasteiger partial charge in [0.15, 0.2) is 23.0 Å². The standard InChI is InChI=1S/C26H24O4S8/c1-5-27-13-9-17-18(10-14(13)28-6-2)32-22-21(31-17)35-25(36-22)26-37-23-24(38-26)34-20-12-16(30-8-4)15(29-7-3)11-19(20)33-23/h9-12H,5-8H2,1-4H3. The molecule has 0 N–H and O–H groups in total. The van der Waals surface area contributed by atoms with Crippen LogP contribution in [0.25, 0.3) is 0 Å². The number of rotatable bonds is 8. The first-order chi connectivity index (χ1) is 18.6. The zero-order valence-corrected chi connectivity index (χ0v) is 27.6. The minimum absolute atomic E-state index is 0.622. The maximum absolute atomic E-state index is 5.87. The second kappa shape index (κ2) is 12.3. The van der Waals surface area contributed by atoms with Gasteiger partial charge in [-0.1, -0.05) is 94.1 Å². The van der Waals surface area contributed by atoms with Gasteiger partial charge in [-0.2, -0.15) is 0 Å². The van der Waals surface area contributed by atoms with Crippen LogP contribution in [-0.2, 0) is 0 Å². The van der Waals surface area contributed by atoms with Crippen molar-refractivity contribution in [2.45, 2.75) is 47.3 Å². The summed E-state index contributed by atoms with van der Waals surface area (Å²) in [5.41, 5.74) is 0. The molecule has 0 unspecified atom stereocenters. The highest BCUT2D eigenvalue weighted by Crippen LogP contribution is 2.71. The van der Waals surface area contributed by atoms with Gasteiger partial charge in [0.2, 0.25) is 0 Å². The number of benzene rings is 2. The van der Waals surface area contributed by atoms with E-state index in [1.165, 1.54) is 45.0 Å². The quantitative estimate of drug-likeness (QED) is 0.271. The van der Waals surface area contributed by atoms with Crippen LogP contribution in [0.5, 0.6) is 23.0 Å². The lowest BCUT2D eigenvalue weighted by atomic mass is 10.3. The molecule has 0 radical (unpaired) electrons. The molecule has 4 aliphatic heterocycles. The number of hydrogen-bond donors (Lipinski definition) is 0. The van der Waals surface area contributed by atoms with Crippen LogP contribution in [0, 0.1) is 0 Å². The molecule has 0 bridgehead atoms. The predicted octanol–water partition coefficient (Wildman–Crippen LogP) is 10.7. The molecule has 200 valence electrons. The number of fused-ring (bicyclic) bond motifs is 2. The Hall–Kier alpha value is -0.340. The lowest BCUT2D eigenvalue weighted by molar-refractivity contribution is 0.286. The summed E-state index contributed by atoms with van der Waals surface area (Å²) in [4.78, 5) is 4.95. The summed E-state index contributed by atoms with van der Waals surface area (Å²) >= 11 is 15.0. The van der Waals surface area contributed by atoms with Crippen molar-refractivity contribution in [1.82, 2.24) is 0 Å². The van der Waals surface area contributed by atoms with Gasteiger partial charge in [-0.3, -0.25) is 0 Å². The maximum Gasteiger partial charge on any atom is 0.162 e. The summed E-state index contributed by atoms with van der Waals surface area (Å²) in [6.07, 6.45) is 0. The van der Waals surface area contributed by atoms with E-state index in [4.69, 9.17) is 18.9 Å². The molecule has 0 aromatic heterocycles. The first kappa shape index (κ1) is 27.8. The Bertz CT molecular complexity index is 1180. The van der Waals surface area contributed by atoms with Gasteiger partial charge < -0.3 is 18.9 Å². The van der Waals surface area contributed by atoms with E-state index in [1.807, 2.05) is 122 Å². The van der Waals surface area contributed by atoms with Crippen molar-refractivity contribution in [2.24, 2.45) is 0 Å². The van der Waals surface area contributed by atoms with Gasteiger partial charge in [0.1, 0.15) is 0 Å². The van der Waals surface area contributed by atoms with E-state index in [-0.39, 0.29) is 0 Å². The van der Waals surface area contributed by atoms with Gasteiger partial charge in [0.05, 0.1) is 51.9 Å². The highest BCUT2D eigenvalue weighted by Gasteiger charge is 2.36. The van der Waals surface area contributed by atoms with E-state index >= 15 is 0 Å². The van der Waals surface area contributed by atoms with Crippen molar-refractivity contribution in [2.75, 3.05) is 26.4 Å². The van der Waals surface area contributed by atoms with Crippen LogP contribution in [-0.4, -0.2) is 26.4 Å². The monoisotopic (exact) mass is 656 g/mol. The topological polar surface area (TPSA) is 36.9 Å². The van der Waals surface area contributed by atoms with E-state index in [2.05, 4.69) is 24.3 Å². The molecule has 6 rings (SSSR count). The van der Waals surface area contributed by atoms with E-state index < -0.39 is 0 Å². The Balaban J connectivity index is 1.19. The normalized spacial score (nSPS) is 17.8. The highest BCUT2D eigenvalue weighted by atomic mass is 32.3. The number of ether oxygens (including phenoxy) is 4. The molecule has 12 heteroatoms. The van der Waals surface area contributed by atoms with E-state index in [0.29, 0.717) is 26.4 Å². The number of hydrogen-bond acceptors (Lipinski definition) is 12. The van der Waals surface area contributed by atoms with Crippen molar-refractivity contribution in [1.29, 1.82) is 0 Å². The average Bonchev–Trinajstić information content (AvgIpc) is 3.51. The average molecular weight is 657 g/mol. The Morgan fingerprint density at radius 1 is 0.368 bits per heavy atom. The fourth-order valence-corrected chi connectivity index (χ4v) is 15.8. The van der Waals surface area contributed by atoms with Crippen LogP contribution in [0.1, 0.15) is 27.7 Å². The third kappa shape index (κ3) is 5.57. The largest absolute Gasteiger partial charge is 0.490 e. The molecular formula is C26H24O4S8. The number of thioether (sulfide) groups is 8. The van der Waals surface area contributed by atoms with Crippen LogP contribution in [0.15, 0.2) is 69.3 Å². The molecule has 0 atom stereocenters. The zero-order valence-electron chi connectivity index (χ0n) is 21.0. The summed E-state index contributed by atoms with van der Waals surface area (Å²) in [7, 11) is 0. The van der Waals surface area contributed by atoms with E-state index in [1.54, 1.807) is 0 Å². The Morgan fingerprint density at radius 3 is 0.789 bits per heavy atom. The molecule has 0 saturated carbocycles. The predicted molar refractivity (Wildman–Crippen MR) is 172 cm³/mol. The van der Waals surface area contributed by atoms with Crippen molar-refractivity contribution in [3.8, 4) is 23.0 Å². The van der Waals surface area contributed by atoms with Crippen LogP contribution in [0.2, 0.25) is 0 Å². The van der Waals surface area contributed by atoms with E-state index in [0.717, 1.165) is 23.0 Å². The molecule has 4 aliphatic rings. The lowest BCUT2D eigenvalue weighted by Crippen LogP contribution is -2.00. The van der Waals surface area contributed by atoms with Crippen LogP contribution < -0.4 is 18.9 Å². The Kier molecular flexibility index (Phi) is 8.97. The van der Waals surface area contributed by atoms with Crippen LogP contribution >= 0.6 is 94.1 Å². The minimum atomic E-state index is 0.622. The van der Waals surface area contributed by atoms with Gasteiger partial charge in [0.25, 0.3) is 0 Å². The third-order valence-corrected chi connectivity index (χ3v) is 17.0. The second-order valence-electron chi connectivity index (χ2n) is 7.76. The first-order valence-corrected chi connectivity index (χ1v) is 18.7. The summed E-state index contributed by atoms with van der Waals surface area (Å²) < 4.78 is 31.7. The van der Waals surface area contributed by atoms with Crippen molar-refractivity contribution >= 4 is 94.1 Å². The summed E-state index contributed by atoms with van der Waals surface area (Å²) in [6.45, 7) is 10.5. The maximum atomic E-state index is 5.87. The molecule has 0 fully saturated rings. The molecule has 0 spiro atoms. The second-order valence-corrected chi connectivity index (χ2v) is 17.6. The SMILES string of the molecule is CCOc1cc2c(cc1OCC)SC1=C(SC(=C3SC4=C(S3)Sc3cc(OCC)c(OCC)cc3S4)S1)S2. The van der Waals surface area contributed by atoms with Gasteiger partial charge in [-0.05, 0) is 52.0 Å². The molecule has 4 nitrogen and oxygen atoms in total. The fourth-order valence-electron chi connectivity index (χ4n) is 3.80. The molecule has 2 aromatic rings. The van der Waals surface area contributed by atoms with Crippen molar-refractivity contribution < 1.29 is 18.9 Å². The molecule has 0 aliphatic carbocycles. The van der Waals surface area contributed by atoms with Crippen LogP contribution in [0.3, 0.4) is 0 Å². The van der Waals surface area contributed by atoms with E-state index in [9.17, 15) is 0 Å². The lowest BCUT2D eigenvalue weighted by Gasteiger charge is -2.19.